The highest BCUT2D eigenvalue weighted by Crippen LogP contribution is 2.11. The molecule has 0 aliphatic carbocycles. The molecule has 96 valence electrons. The zero-order chi connectivity index (χ0) is 12.8. The maximum absolute atomic E-state index is 11.3. The lowest BCUT2D eigenvalue weighted by Gasteiger charge is -2.21. The summed E-state index contributed by atoms with van der Waals surface area (Å²) in [7, 11) is 0. The van der Waals surface area contributed by atoms with Crippen LogP contribution in [0.25, 0.3) is 0 Å². The Morgan fingerprint density at radius 1 is 1.31 bits per heavy atom. The smallest absolute Gasteiger partial charge is 0.308 e. The fourth-order valence-corrected chi connectivity index (χ4v) is 1.28. The van der Waals surface area contributed by atoms with E-state index in [4.69, 9.17) is 10.5 Å². The number of carbonyl (C=O) groups is 1. The summed E-state index contributed by atoms with van der Waals surface area (Å²) >= 11 is 0. The number of nitrogens with two attached hydrogens (primary N) is 1. The normalized spacial score (nSPS) is 15.6. The Balaban J connectivity index is 3.87. The zero-order valence-electron chi connectivity index (χ0n) is 10.3. The summed E-state index contributed by atoms with van der Waals surface area (Å²) in [4.78, 5) is 11.3. The number of hydrogen-bond donors (Lipinski definition) is 3. The highest BCUT2D eigenvalue weighted by molar-refractivity contribution is 5.70. The third kappa shape index (κ3) is 8.64. The lowest BCUT2D eigenvalue weighted by molar-refractivity contribution is -0.157. The molecule has 2 atom stereocenters. The summed E-state index contributed by atoms with van der Waals surface area (Å²) in [5, 5.41) is 18.9. The Morgan fingerprint density at radius 3 is 2.31 bits per heavy atom. The van der Waals surface area contributed by atoms with Gasteiger partial charge in [0.2, 0.25) is 0 Å². The molecule has 0 aliphatic heterocycles. The van der Waals surface area contributed by atoms with Crippen LogP contribution < -0.4 is 5.73 Å². The lowest BCUT2D eigenvalue weighted by atomic mass is 10.1. The number of aliphatic hydroxyl groups is 2. The maximum Gasteiger partial charge on any atom is 0.308 e. The van der Waals surface area contributed by atoms with Crippen molar-refractivity contribution in [1.29, 1.82) is 0 Å². The van der Waals surface area contributed by atoms with Crippen LogP contribution >= 0.6 is 0 Å². The molecule has 5 nitrogen and oxygen atoms in total. The quantitative estimate of drug-likeness (QED) is 0.569. The van der Waals surface area contributed by atoms with Gasteiger partial charge in [-0.1, -0.05) is 0 Å². The van der Waals surface area contributed by atoms with Crippen LogP contribution in [-0.2, 0) is 9.53 Å². The number of esters is 1. The van der Waals surface area contributed by atoms with Crippen LogP contribution in [0, 0.1) is 0 Å². The molecule has 16 heavy (non-hydrogen) atoms. The van der Waals surface area contributed by atoms with Crippen molar-refractivity contribution in [2.75, 3.05) is 6.54 Å². The van der Waals surface area contributed by atoms with Crippen molar-refractivity contribution < 1.29 is 19.7 Å². The van der Waals surface area contributed by atoms with E-state index in [1.165, 1.54) is 0 Å². The minimum Gasteiger partial charge on any atom is -0.460 e. The minimum atomic E-state index is -0.878. The summed E-state index contributed by atoms with van der Waals surface area (Å²) in [5.74, 6) is -0.458. The van der Waals surface area contributed by atoms with Crippen molar-refractivity contribution in [3.63, 3.8) is 0 Å². The predicted octanol–water partition coefficient (Wildman–Crippen LogP) is 0.179. The summed E-state index contributed by atoms with van der Waals surface area (Å²) in [6, 6.07) is 0. The molecule has 0 saturated carbocycles. The SMILES string of the molecule is CC(C)(C)OC(=O)C[C@H](O)C[C@@H](O)CCN. The van der Waals surface area contributed by atoms with Gasteiger partial charge in [0, 0.05) is 0 Å². The first-order valence-electron chi connectivity index (χ1n) is 5.52. The summed E-state index contributed by atoms with van der Waals surface area (Å²) in [6.45, 7) is 5.65. The largest absolute Gasteiger partial charge is 0.460 e. The highest BCUT2D eigenvalue weighted by Gasteiger charge is 2.20. The molecule has 0 radical (unpaired) electrons. The van der Waals surface area contributed by atoms with E-state index in [0.29, 0.717) is 13.0 Å². The van der Waals surface area contributed by atoms with Crippen LogP contribution in [0.15, 0.2) is 0 Å². The molecule has 0 unspecified atom stereocenters. The maximum atomic E-state index is 11.3. The van der Waals surface area contributed by atoms with Gasteiger partial charge in [0.25, 0.3) is 0 Å². The average molecular weight is 233 g/mol. The number of rotatable bonds is 6. The summed E-state index contributed by atoms with van der Waals surface area (Å²) in [6.07, 6.45) is -1.07. The van der Waals surface area contributed by atoms with Gasteiger partial charge in [-0.3, -0.25) is 4.79 Å². The van der Waals surface area contributed by atoms with Crippen LogP contribution in [0.2, 0.25) is 0 Å². The molecule has 0 aromatic heterocycles. The van der Waals surface area contributed by atoms with Gasteiger partial charge in [-0.25, -0.2) is 0 Å². The van der Waals surface area contributed by atoms with Crippen molar-refractivity contribution in [3.8, 4) is 0 Å². The molecule has 0 rings (SSSR count). The standard InChI is InChI=1S/C11H23NO4/c1-11(2,3)16-10(15)7-9(14)6-8(13)4-5-12/h8-9,13-14H,4-7,12H2,1-3H3/t8-,9+/m0/s1. The number of ether oxygens (including phenoxy) is 1. The van der Waals surface area contributed by atoms with Crippen molar-refractivity contribution in [2.24, 2.45) is 5.73 Å². The van der Waals surface area contributed by atoms with E-state index in [1.807, 2.05) is 0 Å². The second-order valence-corrected chi connectivity index (χ2v) is 4.91. The molecule has 0 fully saturated rings. The third-order valence-electron chi connectivity index (χ3n) is 1.87. The van der Waals surface area contributed by atoms with Crippen molar-refractivity contribution in [1.82, 2.24) is 0 Å². The van der Waals surface area contributed by atoms with E-state index in [0.717, 1.165) is 0 Å². The van der Waals surface area contributed by atoms with Gasteiger partial charge in [0.05, 0.1) is 18.6 Å². The van der Waals surface area contributed by atoms with Crippen LogP contribution in [-0.4, -0.2) is 40.5 Å². The molecule has 4 N–H and O–H groups in total. The Hall–Kier alpha value is -0.650. The first-order chi connectivity index (χ1) is 7.24. The molecule has 0 bridgehead atoms. The molecule has 0 amide bonds. The first-order valence-corrected chi connectivity index (χ1v) is 5.52. The highest BCUT2D eigenvalue weighted by atomic mass is 16.6. The van der Waals surface area contributed by atoms with Crippen molar-refractivity contribution in [3.05, 3.63) is 0 Å². The lowest BCUT2D eigenvalue weighted by Crippen LogP contribution is -2.28. The number of carbonyl (C=O) groups excluding carboxylic acids is 1. The first kappa shape index (κ1) is 15.3. The molecule has 0 saturated heterocycles. The van der Waals surface area contributed by atoms with E-state index < -0.39 is 23.8 Å². The van der Waals surface area contributed by atoms with E-state index in [-0.39, 0.29) is 12.8 Å². The van der Waals surface area contributed by atoms with Gasteiger partial charge in [-0.05, 0) is 40.2 Å². The Morgan fingerprint density at radius 2 is 1.88 bits per heavy atom. The number of hydrogen-bond acceptors (Lipinski definition) is 5. The molecular weight excluding hydrogens is 210 g/mol. The summed E-state index contributed by atoms with van der Waals surface area (Å²) in [5.41, 5.74) is 4.71. The van der Waals surface area contributed by atoms with Crippen molar-refractivity contribution in [2.45, 2.75) is 57.8 Å². The molecular formula is C11H23NO4. The Kier molecular flexibility index (Phi) is 6.55. The van der Waals surface area contributed by atoms with Crippen LogP contribution in [0.5, 0.6) is 0 Å². The average Bonchev–Trinajstić information content (AvgIpc) is 1.98. The van der Waals surface area contributed by atoms with Crippen molar-refractivity contribution >= 4 is 5.97 Å². The fraction of sp³-hybridized carbons (Fsp3) is 0.909. The Bertz CT molecular complexity index is 213. The van der Waals surface area contributed by atoms with E-state index in [9.17, 15) is 15.0 Å². The number of aliphatic hydroxyl groups excluding tert-OH is 2. The molecule has 0 aromatic carbocycles. The fourth-order valence-electron chi connectivity index (χ4n) is 1.28. The van der Waals surface area contributed by atoms with Gasteiger partial charge >= 0.3 is 5.97 Å². The van der Waals surface area contributed by atoms with Gasteiger partial charge in [0.1, 0.15) is 5.60 Å². The second-order valence-electron chi connectivity index (χ2n) is 4.91. The minimum absolute atomic E-state index is 0.0983. The van der Waals surface area contributed by atoms with Gasteiger partial charge in [-0.2, -0.15) is 0 Å². The molecule has 0 heterocycles. The molecule has 0 aromatic rings. The Labute approximate surface area is 96.6 Å². The molecule has 0 spiro atoms. The van der Waals surface area contributed by atoms with E-state index in [1.54, 1.807) is 20.8 Å². The molecule has 5 heteroatoms. The predicted molar refractivity (Wildman–Crippen MR) is 60.8 cm³/mol. The van der Waals surface area contributed by atoms with Crippen LogP contribution in [0.4, 0.5) is 0 Å². The van der Waals surface area contributed by atoms with E-state index >= 15 is 0 Å². The second kappa shape index (κ2) is 6.83. The third-order valence-corrected chi connectivity index (χ3v) is 1.87. The topological polar surface area (TPSA) is 92.8 Å². The van der Waals surface area contributed by atoms with E-state index in [2.05, 4.69) is 0 Å². The summed E-state index contributed by atoms with van der Waals surface area (Å²) < 4.78 is 5.04. The van der Waals surface area contributed by atoms with Crippen LogP contribution in [0.1, 0.15) is 40.0 Å². The monoisotopic (exact) mass is 233 g/mol. The van der Waals surface area contributed by atoms with Gasteiger partial charge in [0.15, 0.2) is 0 Å². The van der Waals surface area contributed by atoms with Crippen LogP contribution in [0.3, 0.4) is 0 Å². The molecule has 0 aliphatic rings. The van der Waals surface area contributed by atoms with Gasteiger partial charge in [-0.15, -0.1) is 0 Å². The van der Waals surface area contributed by atoms with Gasteiger partial charge < -0.3 is 20.7 Å². The zero-order valence-corrected chi connectivity index (χ0v) is 10.3.